The van der Waals surface area contributed by atoms with Crippen LogP contribution in [0.15, 0.2) is 4.76 Å². The first-order chi connectivity index (χ1) is 4.83. The molecule has 2 atom stereocenters. The second kappa shape index (κ2) is 4.05. The van der Waals surface area contributed by atoms with Crippen LogP contribution < -0.4 is 4.89 Å². The molecule has 3 heteroatoms. The Bertz CT molecular complexity index is 136. The van der Waals surface area contributed by atoms with Crippen LogP contribution in [0.3, 0.4) is 0 Å². The minimum Gasteiger partial charge on any atom is -0.663 e. The lowest BCUT2D eigenvalue weighted by atomic mass is 9.89. The van der Waals surface area contributed by atoms with Gasteiger partial charge in [0.1, 0.15) is 0 Å². The third kappa shape index (κ3) is 2.36. The molecule has 0 bridgehead atoms. The lowest BCUT2D eigenvalue weighted by Gasteiger charge is -2.17. The first-order valence-corrected chi connectivity index (χ1v) is 4.81. The molecular weight excluding hydrogens is 145 g/mol. The van der Waals surface area contributed by atoms with E-state index in [4.69, 9.17) is 0 Å². The number of rotatable bonds is 1. The van der Waals surface area contributed by atoms with Crippen molar-refractivity contribution >= 4 is 14.7 Å². The smallest absolute Gasteiger partial charge is 0.0570 e. The van der Waals surface area contributed by atoms with Gasteiger partial charge in [0.05, 0.1) is 14.7 Å². The molecule has 0 aromatic carbocycles. The summed E-state index contributed by atoms with van der Waals surface area (Å²) in [7, 11) is -0.900. The van der Waals surface area contributed by atoms with Gasteiger partial charge in [-0.1, -0.05) is 6.92 Å². The van der Waals surface area contributed by atoms with Gasteiger partial charge in [-0.25, -0.2) is 0 Å². The summed E-state index contributed by atoms with van der Waals surface area (Å²) in [5, 5.41) is 0. The van der Waals surface area contributed by atoms with Gasteiger partial charge >= 0.3 is 0 Å². The molecule has 0 N–H and O–H groups in total. The van der Waals surface area contributed by atoms with Crippen LogP contribution in [-0.4, -0.2) is 5.71 Å². The molecule has 0 aromatic rings. The zero-order chi connectivity index (χ0) is 7.40. The van der Waals surface area contributed by atoms with Crippen molar-refractivity contribution in [1.82, 2.24) is 0 Å². The fourth-order valence-electron chi connectivity index (χ4n) is 1.45. The molecule has 0 radical (unpaired) electrons. The van der Waals surface area contributed by atoms with Crippen LogP contribution >= 0.6 is 8.96 Å². The van der Waals surface area contributed by atoms with E-state index in [1.165, 1.54) is 18.6 Å². The van der Waals surface area contributed by atoms with E-state index in [0.717, 1.165) is 18.8 Å². The average Bonchev–Trinajstić information content (AvgIpc) is 1.88. The molecule has 2 nitrogen and oxygen atoms in total. The Labute approximate surface area is 63.7 Å². The highest BCUT2D eigenvalue weighted by Crippen LogP contribution is 2.22. The molecular formula is C7H14NOP. The normalized spacial score (nSPS) is 32.2. The number of hydrogen-bond acceptors (Lipinski definition) is 2. The summed E-state index contributed by atoms with van der Waals surface area (Å²) in [4.78, 5) is 10.2. The summed E-state index contributed by atoms with van der Waals surface area (Å²) < 4.78 is 3.98. The zero-order valence-electron chi connectivity index (χ0n) is 6.34. The van der Waals surface area contributed by atoms with Crippen LogP contribution in [0.5, 0.6) is 0 Å². The van der Waals surface area contributed by atoms with Gasteiger partial charge < -0.3 is 4.89 Å². The molecule has 0 amide bonds. The molecule has 10 heavy (non-hydrogen) atoms. The maximum Gasteiger partial charge on any atom is 0.0570 e. The SMILES string of the molecule is CC1CCCC(=N[PH2+][O-])C1. The Balaban J connectivity index is 2.39. The molecule has 1 rings (SSSR count). The molecule has 58 valence electrons. The third-order valence-corrected chi connectivity index (χ3v) is 2.45. The van der Waals surface area contributed by atoms with Crippen molar-refractivity contribution in [2.75, 3.05) is 0 Å². The van der Waals surface area contributed by atoms with Gasteiger partial charge in [0.25, 0.3) is 0 Å². The topological polar surface area (TPSA) is 35.4 Å². The van der Waals surface area contributed by atoms with E-state index in [1.807, 2.05) is 0 Å². The Morgan fingerprint density at radius 1 is 1.70 bits per heavy atom. The molecule has 0 aromatic heterocycles. The predicted octanol–water partition coefficient (Wildman–Crippen LogP) is 1.24. The van der Waals surface area contributed by atoms with Crippen molar-refractivity contribution in [2.24, 2.45) is 10.7 Å². The van der Waals surface area contributed by atoms with Crippen molar-refractivity contribution in [3.8, 4) is 0 Å². The summed E-state index contributed by atoms with van der Waals surface area (Å²) in [6.07, 6.45) is 4.71. The lowest BCUT2D eigenvalue weighted by molar-refractivity contribution is -0.150. The summed E-state index contributed by atoms with van der Waals surface area (Å²) in [6.45, 7) is 2.23. The molecule has 1 fully saturated rings. The maximum atomic E-state index is 10.2. The summed E-state index contributed by atoms with van der Waals surface area (Å²) in [6, 6.07) is 0. The van der Waals surface area contributed by atoms with E-state index < -0.39 is 8.96 Å². The molecule has 2 unspecified atom stereocenters. The minimum absolute atomic E-state index is 0.762. The Kier molecular flexibility index (Phi) is 3.30. The van der Waals surface area contributed by atoms with Gasteiger partial charge in [-0.05, 0) is 31.6 Å². The van der Waals surface area contributed by atoms with Crippen LogP contribution in [0.1, 0.15) is 32.6 Å². The third-order valence-electron chi connectivity index (χ3n) is 1.98. The Hall–Kier alpha value is 0.0600. The maximum absolute atomic E-state index is 10.2. The Morgan fingerprint density at radius 3 is 3.10 bits per heavy atom. The molecule has 1 aliphatic carbocycles. The highest BCUT2D eigenvalue weighted by molar-refractivity contribution is 7.28. The van der Waals surface area contributed by atoms with Gasteiger partial charge in [-0.3, -0.25) is 0 Å². The van der Waals surface area contributed by atoms with E-state index in [9.17, 15) is 4.89 Å². The second-order valence-electron chi connectivity index (χ2n) is 3.00. The highest BCUT2D eigenvalue weighted by atomic mass is 31.1. The summed E-state index contributed by atoms with van der Waals surface area (Å²) in [5.74, 6) is 0.762. The van der Waals surface area contributed by atoms with E-state index in [1.54, 1.807) is 0 Å². The Morgan fingerprint density at radius 2 is 2.50 bits per heavy atom. The highest BCUT2D eigenvalue weighted by Gasteiger charge is 2.13. The van der Waals surface area contributed by atoms with Gasteiger partial charge in [0.2, 0.25) is 0 Å². The van der Waals surface area contributed by atoms with Crippen LogP contribution in [0.25, 0.3) is 0 Å². The summed E-state index contributed by atoms with van der Waals surface area (Å²) in [5.41, 5.74) is 1.18. The van der Waals surface area contributed by atoms with Gasteiger partial charge in [-0.2, -0.15) is 0 Å². The van der Waals surface area contributed by atoms with Gasteiger partial charge in [-0.15, -0.1) is 4.76 Å². The number of nitrogens with zero attached hydrogens (tertiary/aromatic N) is 1. The number of hydrogen-bond donors (Lipinski definition) is 0. The van der Waals surface area contributed by atoms with E-state index >= 15 is 0 Å². The van der Waals surface area contributed by atoms with Crippen LogP contribution in [0.4, 0.5) is 0 Å². The predicted molar refractivity (Wildman–Crippen MR) is 44.8 cm³/mol. The quantitative estimate of drug-likeness (QED) is 0.530. The summed E-state index contributed by atoms with van der Waals surface area (Å²) >= 11 is 0. The molecule has 0 spiro atoms. The zero-order valence-corrected chi connectivity index (χ0v) is 7.49. The van der Waals surface area contributed by atoms with Crippen molar-refractivity contribution in [2.45, 2.75) is 32.6 Å². The van der Waals surface area contributed by atoms with Crippen molar-refractivity contribution < 1.29 is 4.89 Å². The van der Waals surface area contributed by atoms with Crippen LogP contribution in [0.2, 0.25) is 0 Å². The van der Waals surface area contributed by atoms with Gasteiger partial charge in [0.15, 0.2) is 0 Å². The van der Waals surface area contributed by atoms with Gasteiger partial charge in [0, 0.05) is 0 Å². The van der Waals surface area contributed by atoms with Crippen molar-refractivity contribution in [1.29, 1.82) is 0 Å². The average molecular weight is 159 g/mol. The fourth-order valence-corrected chi connectivity index (χ4v) is 1.84. The van der Waals surface area contributed by atoms with Crippen LogP contribution in [-0.2, 0) is 0 Å². The first kappa shape index (κ1) is 8.16. The monoisotopic (exact) mass is 159 g/mol. The molecule has 0 heterocycles. The lowest BCUT2D eigenvalue weighted by Crippen LogP contribution is -2.11. The van der Waals surface area contributed by atoms with Crippen molar-refractivity contribution in [3.05, 3.63) is 0 Å². The first-order valence-electron chi connectivity index (χ1n) is 3.82. The van der Waals surface area contributed by atoms with E-state index in [-0.39, 0.29) is 0 Å². The standard InChI is InChI=1S/C7H14NOP/c1-6-3-2-4-7(5-6)8-10-9/h6H,2-5,10H2,1H3. The molecule has 1 saturated carbocycles. The van der Waals surface area contributed by atoms with Crippen molar-refractivity contribution in [3.63, 3.8) is 0 Å². The fraction of sp³-hybridized carbons (Fsp3) is 0.857. The largest absolute Gasteiger partial charge is 0.663 e. The molecule has 1 aliphatic rings. The van der Waals surface area contributed by atoms with E-state index in [2.05, 4.69) is 11.7 Å². The van der Waals surface area contributed by atoms with Crippen LogP contribution in [0, 0.1) is 5.92 Å². The van der Waals surface area contributed by atoms with E-state index in [0.29, 0.717) is 0 Å². The molecule has 0 saturated heterocycles. The second-order valence-corrected chi connectivity index (χ2v) is 3.47. The molecule has 0 aliphatic heterocycles. The minimum atomic E-state index is -0.900.